The van der Waals surface area contributed by atoms with Gasteiger partial charge in [-0.1, -0.05) is 19.1 Å². The SMILES string of the molecule is CCC(OC(=O)CCc1cccc(N)c1)C(N)=O. The van der Waals surface area contributed by atoms with Gasteiger partial charge in [0.05, 0.1) is 0 Å². The van der Waals surface area contributed by atoms with Crippen LogP contribution in [-0.2, 0) is 20.7 Å². The second-order valence-electron chi connectivity index (χ2n) is 4.03. The highest BCUT2D eigenvalue weighted by Gasteiger charge is 2.17. The molecule has 1 aromatic carbocycles. The molecule has 1 rings (SSSR count). The van der Waals surface area contributed by atoms with E-state index in [4.69, 9.17) is 16.2 Å². The number of ether oxygens (including phenoxy) is 1. The molecule has 18 heavy (non-hydrogen) atoms. The summed E-state index contributed by atoms with van der Waals surface area (Å²) in [6, 6.07) is 7.30. The number of hydrogen-bond acceptors (Lipinski definition) is 4. The Morgan fingerprint density at radius 2 is 2.11 bits per heavy atom. The van der Waals surface area contributed by atoms with Gasteiger partial charge in [0, 0.05) is 12.1 Å². The fourth-order valence-corrected chi connectivity index (χ4v) is 1.56. The first kappa shape index (κ1) is 14.0. The first-order valence-electron chi connectivity index (χ1n) is 5.86. The van der Waals surface area contributed by atoms with Gasteiger partial charge in [-0.25, -0.2) is 0 Å². The van der Waals surface area contributed by atoms with Crippen LogP contribution in [0.1, 0.15) is 25.3 Å². The fraction of sp³-hybridized carbons (Fsp3) is 0.385. The average Bonchev–Trinajstić information content (AvgIpc) is 2.33. The van der Waals surface area contributed by atoms with Crippen LogP contribution in [0.3, 0.4) is 0 Å². The van der Waals surface area contributed by atoms with Gasteiger partial charge < -0.3 is 16.2 Å². The van der Waals surface area contributed by atoms with Gasteiger partial charge in [0.25, 0.3) is 5.91 Å². The summed E-state index contributed by atoms with van der Waals surface area (Å²) in [5.74, 6) is -1.04. The fourth-order valence-electron chi connectivity index (χ4n) is 1.56. The molecule has 0 fully saturated rings. The van der Waals surface area contributed by atoms with Crippen LogP contribution in [0.15, 0.2) is 24.3 Å². The van der Waals surface area contributed by atoms with E-state index in [9.17, 15) is 9.59 Å². The van der Waals surface area contributed by atoms with Crippen molar-refractivity contribution in [2.45, 2.75) is 32.3 Å². The Balaban J connectivity index is 2.44. The number of hydrogen-bond donors (Lipinski definition) is 2. The number of anilines is 1. The molecule has 98 valence electrons. The van der Waals surface area contributed by atoms with E-state index in [1.165, 1.54) is 0 Å². The van der Waals surface area contributed by atoms with Crippen molar-refractivity contribution in [1.29, 1.82) is 0 Å². The van der Waals surface area contributed by atoms with E-state index < -0.39 is 18.0 Å². The minimum absolute atomic E-state index is 0.202. The Bertz CT molecular complexity index is 432. The predicted molar refractivity (Wildman–Crippen MR) is 68.5 cm³/mol. The third-order valence-corrected chi connectivity index (χ3v) is 2.53. The smallest absolute Gasteiger partial charge is 0.306 e. The van der Waals surface area contributed by atoms with Gasteiger partial charge in [-0.05, 0) is 30.5 Å². The predicted octanol–water partition coefficient (Wildman–Crippen LogP) is 1.01. The largest absolute Gasteiger partial charge is 0.452 e. The Labute approximate surface area is 106 Å². The van der Waals surface area contributed by atoms with Gasteiger partial charge in [0.1, 0.15) is 0 Å². The highest BCUT2D eigenvalue weighted by atomic mass is 16.5. The lowest BCUT2D eigenvalue weighted by Crippen LogP contribution is -2.32. The number of nitrogen functional groups attached to an aromatic ring is 1. The second-order valence-corrected chi connectivity index (χ2v) is 4.03. The Kier molecular flexibility index (Phi) is 5.17. The van der Waals surface area contributed by atoms with Crippen molar-refractivity contribution >= 4 is 17.6 Å². The van der Waals surface area contributed by atoms with Gasteiger partial charge in [0.2, 0.25) is 0 Å². The molecule has 1 unspecified atom stereocenters. The number of primary amides is 1. The van der Waals surface area contributed by atoms with Crippen LogP contribution in [0.5, 0.6) is 0 Å². The van der Waals surface area contributed by atoms with Gasteiger partial charge in [-0.15, -0.1) is 0 Å². The summed E-state index contributed by atoms with van der Waals surface area (Å²) in [7, 11) is 0. The average molecular weight is 250 g/mol. The van der Waals surface area contributed by atoms with E-state index in [0.717, 1.165) is 5.56 Å². The number of esters is 1. The van der Waals surface area contributed by atoms with E-state index in [1.54, 1.807) is 19.1 Å². The number of carbonyl (C=O) groups excluding carboxylic acids is 2. The summed E-state index contributed by atoms with van der Waals surface area (Å²) in [4.78, 5) is 22.4. The lowest BCUT2D eigenvalue weighted by molar-refractivity contribution is -0.155. The van der Waals surface area contributed by atoms with E-state index >= 15 is 0 Å². The molecular formula is C13H18N2O3. The van der Waals surface area contributed by atoms with Crippen LogP contribution in [0.25, 0.3) is 0 Å². The molecule has 4 N–H and O–H groups in total. The van der Waals surface area contributed by atoms with Crippen LogP contribution >= 0.6 is 0 Å². The molecule has 5 heteroatoms. The molecule has 0 heterocycles. The summed E-state index contributed by atoms with van der Waals surface area (Å²) < 4.78 is 4.97. The van der Waals surface area contributed by atoms with Crippen LogP contribution < -0.4 is 11.5 Å². The van der Waals surface area contributed by atoms with Crippen molar-refractivity contribution in [1.82, 2.24) is 0 Å². The molecule has 0 aliphatic carbocycles. The number of aryl methyl sites for hydroxylation is 1. The standard InChI is InChI=1S/C13H18N2O3/c1-2-11(13(15)17)18-12(16)7-6-9-4-3-5-10(14)8-9/h3-5,8,11H,2,6-7,14H2,1H3,(H2,15,17). The van der Waals surface area contributed by atoms with E-state index in [1.807, 2.05) is 12.1 Å². The van der Waals surface area contributed by atoms with Crippen molar-refractivity contribution in [3.8, 4) is 0 Å². The van der Waals surface area contributed by atoms with Gasteiger partial charge in [-0.2, -0.15) is 0 Å². The quantitative estimate of drug-likeness (QED) is 0.581. The molecular weight excluding hydrogens is 232 g/mol. The number of benzene rings is 1. The Morgan fingerprint density at radius 3 is 2.67 bits per heavy atom. The molecule has 0 aliphatic rings. The van der Waals surface area contributed by atoms with Crippen molar-refractivity contribution < 1.29 is 14.3 Å². The lowest BCUT2D eigenvalue weighted by atomic mass is 10.1. The van der Waals surface area contributed by atoms with Crippen molar-refractivity contribution in [2.75, 3.05) is 5.73 Å². The Morgan fingerprint density at radius 1 is 1.39 bits per heavy atom. The third-order valence-electron chi connectivity index (χ3n) is 2.53. The highest BCUT2D eigenvalue weighted by Crippen LogP contribution is 2.10. The van der Waals surface area contributed by atoms with Crippen molar-refractivity contribution in [3.05, 3.63) is 29.8 Å². The van der Waals surface area contributed by atoms with Crippen molar-refractivity contribution in [2.24, 2.45) is 5.73 Å². The Hall–Kier alpha value is -2.04. The summed E-state index contributed by atoms with van der Waals surface area (Å²) >= 11 is 0. The van der Waals surface area contributed by atoms with Gasteiger partial charge in [-0.3, -0.25) is 9.59 Å². The molecule has 1 aromatic rings. The number of rotatable bonds is 6. The van der Waals surface area contributed by atoms with Crippen LogP contribution in [-0.4, -0.2) is 18.0 Å². The van der Waals surface area contributed by atoms with E-state index in [2.05, 4.69) is 0 Å². The lowest BCUT2D eigenvalue weighted by Gasteiger charge is -2.12. The molecule has 1 atom stereocenters. The molecule has 5 nitrogen and oxygen atoms in total. The molecule has 1 amide bonds. The monoisotopic (exact) mass is 250 g/mol. The van der Waals surface area contributed by atoms with Crippen LogP contribution in [0.4, 0.5) is 5.69 Å². The first-order valence-corrected chi connectivity index (χ1v) is 5.86. The zero-order valence-electron chi connectivity index (χ0n) is 10.4. The number of carbonyl (C=O) groups is 2. The second kappa shape index (κ2) is 6.64. The minimum Gasteiger partial charge on any atom is -0.452 e. The third kappa shape index (κ3) is 4.45. The van der Waals surface area contributed by atoms with Crippen molar-refractivity contribution in [3.63, 3.8) is 0 Å². The van der Waals surface area contributed by atoms with Gasteiger partial charge in [0.15, 0.2) is 6.10 Å². The molecule has 0 bridgehead atoms. The first-order chi connectivity index (χ1) is 8.52. The zero-order valence-corrected chi connectivity index (χ0v) is 10.4. The van der Waals surface area contributed by atoms with Gasteiger partial charge >= 0.3 is 5.97 Å². The maximum absolute atomic E-state index is 11.5. The normalized spacial score (nSPS) is 11.8. The molecule has 0 aromatic heterocycles. The van der Waals surface area contributed by atoms with E-state index in [0.29, 0.717) is 18.5 Å². The summed E-state index contributed by atoms with van der Waals surface area (Å²) in [6.07, 6.45) is 0.282. The number of nitrogens with two attached hydrogens (primary N) is 2. The molecule has 0 radical (unpaired) electrons. The minimum atomic E-state index is -0.835. The molecule has 0 saturated heterocycles. The maximum atomic E-state index is 11.5. The summed E-state index contributed by atoms with van der Waals surface area (Å²) in [5.41, 5.74) is 12.3. The summed E-state index contributed by atoms with van der Waals surface area (Å²) in [6.45, 7) is 1.74. The molecule has 0 spiro atoms. The molecule has 0 saturated carbocycles. The highest BCUT2D eigenvalue weighted by molar-refractivity contribution is 5.82. The topological polar surface area (TPSA) is 95.4 Å². The van der Waals surface area contributed by atoms with Crippen LogP contribution in [0, 0.1) is 0 Å². The number of amides is 1. The summed E-state index contributed by atoms with van der Waals surface area (Å²) in [5, 5.41) is 0. The van der Waals surface area contributed by atoms with E-state index in [-0.39, 0.29) is 6.42 Å². The van der Waals surface area contributed by atoms with Crippen LogP contribution in [0.2, 0.25) is 0 Å². The zero-order chi connectivity index (χ0) is 13.5. The molecule has 0 aliphatic heterocycles. The maximum Gasteiger partial charge on any atom is 0.306 e.